The van der Waals surface area contributed by atoms with Crippen LogP contribution in [-0.2, 0) is 0 Å². The van der Waals surface area contributed by atoms with Gasteiger partial charge in [-0.05, 0) is 18.3 Å². The number of nitro benzene ring substituents is 1. The summed E-state index contributed by atoms with van der Waals surface area (Å²) in [7, 11) is 0. The first kappa shape index (κ1) is 19.5. The van der Waals surface area contributed by atoms with E-state index in [9.17, 15) is 10.1 Å². The molecule has 3 rings (SSSR count). The maximum atomic E-state index is 10.9. The molecule has 8 heteroatoms. The molecule has 0 saturated carbocycles. The molecular weight excluding hydrogens is 396 g/mol. The number of benzene rings is 3. The van der Waals surface area contributed by atoms with Crippen LogP contribution in [0.15, 0.2) is 84.0 Å². The minimum atomic E-state index is -0.501. The second-order valence-electron chi connectivity index (χ2n) is 5.68. The van der Waals surface area contributed by atoms with Crippen LogP contribution in [0.3, 0.4) is 0 Å². The number of nitrogens with zero attached hydrogens (tertiary/aromatic N) is 2. The molecule has 0 spiro atoms. The predicted molar refractivity (Wildman–Crippen MR) is 116 cm³/mol. The van der Waals surface area contributed by atoms with Crippen molar-refractivity contribution in [2.45, 2.75) is 0 Å². The lowest BCUT2D eigenvalue weighted by Gasteiger charge is -2.11. The summed E-state index contributed by atoms with van der Waals surface area (Å²) in [6.45, 7) is 0. The number of hydrazone groups is 1. The Morgan fingerprint density at radius 1 is 0.964 bits per heavy atom. The molecule has 0 aliphatic heterocycles. The van der Waals surface area contributed by atoms with E-state index >= 15 is 0 Å². The number of anilines is 1. The highest BCUT2D eigenvalue weighted by Crippen LogP contribution is 2.26. The minimum Gasteiger partial charge on any atom is -0.330 e. The second-order valence-corrected chi connectivity index (χ2v) is 6.50. The highest BCUT2D eigenvalue weighted by Gasteiger charge is 2.11. The number of hydrogen-bond donors (Lipinski definition) is 2. The third-order valence-electron chi connectivity index (χ3n) is 3.77. The van der Waals surface area contributed by atoms with Crippen LogP contribution >= 0.6 is 23.8 Å². The van der Waals surface area contributed by atoms with Crippen molar-refractivity contribution >= 4 is 46.0 Å². The summed E-state index contributed by atoms with van der Waals surface area (Å²) < 4.78 is 0. The molecule has 0 bridgehead atoms. The van der Waals surface area contributed by atoms with Crippen molar-refractivity contribution in [2.24, 2.45) is 5.10 Å². The van der Waals surface area contributed by atoms with Gasteiger partial charge in [0.05, 0.1) is 21.3 Å². The van der Waals surface area contributed by atoms with Gasteiger partial charge in [0.25, 0.3) is 5.69 Å². The number of non-ortho nitro benzene ring substituents is 1. The summed E-state index contributed by atoms with van der Waals surface area (Å²) in [5.74, 6) is 0. The van der Waals surface area contributed by atoms with Crippen LogP contribution in [0.2, 0.25) is 5.02 Å². The lowest BCUT2D eigenvalue weighted by molar-refractivity contribution is -0.384. The van der Waals surface area contributed by atoms with E-state index in [4.69, 9.17) is 23.8 Å². The molecule has 0 unspecified atom stereocenters. The Labute approximate surface area is 172 Å². The SMILES string of the molecule is O=[N+]([O-])c1ccc(Cl)c(NC(=S)NN=C(c2ccccc2)c2ccccc2)c1. The molecule has 2 N–H and O–H groups in total. The van der Waals surface area contributed by atoms with Crippen molar-refractivity contribution in [1.82, 2.24) is 5.43 Å². The average molecular weight is 411 g/mol. The third-order valence-corrected chi connectivity index (χ3v) is 4.30. The fraction of sp³-hybridized carbons (Fsp3) is 0. The van der Waals surface area contributed by atoms with Crippen LogP contribution in [0.5, 0.6) is 0 Å². The van der Waals surface area contributed by atoms with Crippen LogP contribution in [0.1, 0.15) is 11.1 Å². The number of nitro groups is 1. The van der Waals surface area contributed by atoms with Crippen LogP contribution in [-0.4, -0.2) is 15.7 Å². The predicted octanol–water partition coefficient (Wildman–Crippen LogP) is 4.99. The molecule has 0 aliphatic rings. The van der Waals surface area contributed by atoms with E-state index in [-0.39, 0.29) is 10.8 Å². The summed E-state index contributed by atoms with van der Waals surface area (Å²) in [6, 6.07) is 23.4. The van der Waals surface area contributed by atoms with Gasteiger partial charge in [0, 0.05) is 23.3 Å². The average Bonchev–Trinajstić information content (AvgIpc) is 2.71. The smallest absolute Gasteiger partial charge is 0.271 e. The van der Waals surface area contributed by atoms with E-state index in [1.807, 2.05) is 60.7 Å². The topological polar surface area (TPSA) is 79.6 Å². The van der Waals surface area contributed by atoms with Crippen LogP contribution in [0.4, 0.5) is 11.4 Å². The molecule has 3 aromatic carbocycles. The van der Waals surface area contributed by atoms with Crippen LogP contribution in [0.25, 0.3) is 0 Å². The number of nitrogens with one attached hydrogen (secondary N) is 2. The van der Waals surface area contributed by atoms with E-state index in [2.05, 4.69) is 15.8 Å². The lowest BCUT2D eigenvalue weighted by atomic mass is 10.0. The Bertz CT molecular complexity index is 985. The van der Waals surface area contributed by atoms with Gasteiger partial charge in [-0.1, -0.05) is 72.3 Å². The molecule has 28 heavy (non-hydrogen) atoms. The molecule has 0 amide bonds. The quantitative estimate of drug-likeness (QED) is 0.268. The van der Waals surface area contributed by atoms with E-state index in [1.54, 1.807) is 0 Å². The molecule has 0 heterocycles. The fourth-order valence-electron chi connectivity index (χ4n) is 2.47. The Morgan fingerprint density at radius 2 is 1.54 bits per heavy atom. The molecule has 140 valence electrons. The zero-order valence-corrected chi connectivity index (χ0v) is 16.1. The van der Waals surface area contributed by atoms with Crippen molar-refractivity contribution in [3.8, 4) is 0 Å². The summed E-state index contributed by atoms with van der Waals surface area (Å²) in [6.07, 6.45) is 0. The molecule has 6 nitrogen and oxygen atoms in total. The Balaban J connectivity index is 1.83. The van der Waals surface area contributed by atoms with Crippen molar-refractivity contribution in [1.29, 1.82) is 0 Å². The maximum absolute atomic E-state index is 10.9. The lowest BCUT2D eigenvalue weighted by Crippen LogP contribution is -2.25. The number of rotatable bonds is 5. The zero-order valence-electron chi connectivity index (χ0n) is 14.5. The standard InChI is InChI=1S/C20H15ClN4O2S/c21-17-12-11-16(25(26)27)13-18(17)22-20(28)24-23-19(14-7-3-1-4-8-14)15-9-5-2-6-10-15/h1-13H,(H2,22,24,28). The number of halogens is 1. The van der Waals surface area contributed by atoms with Gasteiger partial charge in [0.2, 0.25) is 0 Å². The summed E-state index contributed by atoms with van der Waals surface area (Å²) in [5.41, 5.74) is 5.55. The third kappa shape index (κ3) is 4.91. The summed E-state index contributed by atoms with van der Waals surface area (Å²) in [5, 5.41) is 18.7. The van der Waals surface area contributed by atoms with Gasteiger partial charge >= 0.3 is 0 Å². The summed E-state index contributed by atoms with van der Waals surface area (Å²) >= 11 is 11.4. The Hall–Kier alpha value is -3.29. The molecule has 0 saturated heterocycles. The molecule has 0 radical (unpaired) electrons. The second kappa shape index (κ2) is 9.07. The normalized spacial score (nSPS) is 10.0. The highest BCUT2D eigenvalue weighted by molar-refractivity contribution is 7.80. The highest BCUT2D eigenvalue weighted by atomic mass is 35.5. The van der Waals surface area contributed by atoms with E-state index in [1.165, 1.54) is 18.2 Å². The van der Waals surface area contributed by atoms with Gasteiger partial charge in [0.1, 0.15) is 0 Å². The van der Waals surface area contributed by atoms with Gasteiger partial charge < -0.3 is 5.32 Å². The molecular formula is C20H15ClN4O2S. The Kier molecular flexibility index (Phi) is 6.31. The first-order valence-corrected chi connectivity index (χ1v) is 9.02. The van der Waals surface area contributed by atoms with Gasteiger partial charge in [-0.25, -0.2) is 0 Å². The summed E-state index contributed by atoms with van der Waals surface area (Å²) in [4.78, 5) is 10.4. The van der Waals surface area contributed by atoms with Gasteiger partial charge in [-0.2, -0.15) is 5.10 Å². The molecule has 0 aromatic heterocycles. The van der Waals surface area contributed by atoms with Gasteiger partial charge in [-0.3, -0.25) is 15.5 Å². The molecule has 0 fully saturated rings. The van der Waals surface area contributed by atoms with E-state index in [0.717, 1.165) is 11.1 Å². The maximum Gasteiger partial charge on any atom is 0.271 e. The van der Waals surface area contributed by atoms with Crippen LogP contribution in [0, 0.1) is 10.1 Å². The monoisotopic (exact) mass is 410 g/mol. The van der Waals surface area contributed by atoms with Crippen molar-refractivity contribution in [3.63, 3.8) is 0 Å². The first-order chi connectivity index (χ1) is 13.5. The van der Waals surface area contributed by atoms with Crippen molar-refractivity contribution in [2.75, 3.05) is 5.32 Å². The van der Waals surface area contributed by atoms with Crippen LogP contribution < -0.4 is 10.7 Å². The molecule has 0 aliphatic carbocycles. The first-order valence-electron chi connectivity index (χ1n) is 8.24. The minimum absolute atomic E-state index is 0.0903. The number of thiocarbonyl (C=S) groups is 1. The van der Waals surface area contributed by atoms with Gasteiger partial charge in [-0.15, -0.1) is 0 Å². The Morgan fingerprint density at radius 3 is 2.07 bits per heavy atom. The molecule has 3 aromatic rings. The fourth-order valence-corrected chi connectivity index (χ4v) is 2.79. The van der Waals surface area contributed by atoms with Gasteiger partial charge in [0.15, 0.2) is 5.11 Å². The zero-order chi connectivity index (χ0) is 19.9. The van der Waals surface area contributed by atoms with E-state index < -0.39 is 4.92 Å². The number of hydrogen-bond acceptors (Lipinski definition) is 4. The van der Waals surface area contributed by atoms with E-state index in [0.29, 0.717) is 16.4 Å². The largest absolute Gasteiger partial charge is 0.330 e. The van der Waals surface area contributed by atoms with Crippen molar-refractivity contribution in [3.05, 3.63) is 105 Å². The van der Waals surface area contributed by atoms with Crippen molar-refractivity contribution < 1.29 is 4.92 Å². The molecule has 0 atom stereocenters.